The summed E-state index contributed by atoms with van der Waals surface area (Å²) in [6.07, 6.45) is 0. The monoisotopic (exact) mass is 382 g/mol. The van der Waals surface area contributed by atoms with Crippen LogP contribution >= 0.6 is 11.8 Å². The Balaban J connectivity index is 1.72. The first-order valence-corrected chi connectivity index (χ1v) is 9.55. The molecule has 0 saturated carbocycles. The third-order valence-corrected chi connectivity index (χ3v) is 4.91. The molecule has 138 valence electrons. The zero-order valence-corrected chi connectivity index (χ0v) is 15.5. The first-order chi connectivity index (χ1) is 13.3. The van der Waals surface area contributed by atoms with Crippen LogP contribution in [0.15, 0.2) is 53.7 Å². The Hall–Kier alpha value is -3.00. The summed E-state index contributed by atoms with van der Waals surface area (Å²) in [6, 6.07) is 15.5. The van der Waals surface area contributed by atoms with Gasteiger partial charge < -0.3 is 14.8 Å². The number of benzene rings is 2. The normalized spacial score (nSPS) is 12.2. The van der Waals surface area contributed by atoms with Crippen LogP contribution in [0.25, 0.3) is 17.1 Å². The number of fused-ring (bicyclic) bond motifs is 1. The Morgan fingerprint density at radius 1 is 1.15 bits per heavy atom. The van der Waals surface area contributed by atoms with Crippen molar-refractivity contribution in [2.75, 3.05) is 19.1 Å². The number of para-hydroxylation sites is 1. The average Bonchev–Trinajstić information content (AvgIpc) is 3.33. The van der Waals surface area contributed by atoms with E-state index in [2.05, 4.69) is 15.5 Å². The number of thioether (sulfide) groups is 1. The lowest BCUT2D eigenvalue weighted by molar-refractivity contribution is -0.118. The lowest BCUT2D eigenvalue weighted by atomic mass is 10.2. The third kappa shape index (κ3) is 3.61. The van der Waals surface area contributed by atoms with Crippen LogP contribution in [0.3, 0.4) is 0 Å². The summed E-state index contributed by atoms with van der Waals surface area (Å²) in [6.45, 7) is 2.72. The van der Waals surface area contributed by atoms with E-state index < -0.39 is 0 Å². The van der Waals surface area contributed by atoms with Crippen molar-refractivity contribution in [3.8, 4) is 28.6 Å². The predicted molar refractivity (Wildman–Crippen MR) is 102 cm³/mol. The number of carbonyl (C=O) groups excluding carboxylic acids is 1. The zero-order chi connectivity index (χ0) is 18.6. The second-order valence-electron chi connectivity index (χ2n) is 5.79. The van der Waals surface area contributed by atoms with Crippen LogP contribution < -0.4 is 14.8 Å². The van der Waals surface area contributed by atoms with Gasteiger partial charge in [-0.3, -0.25) is 9.36 Å². The van der Waals surface area contributed by atoms with Crippen LogP contribution in [0.2, 0.25) is 0 Å². The molecule has 8 heteroatoms. The summed E-state index contributed by atoms with van der Waals surface area (Å²) in [5.41, 5.74) is 1.79. The molecule has 2 aromatic carbocycles. The molecule has 0 saturated heterocycles. The molecule has 1 aliphatic rings. The fraction of sp³-hybridized carbons (Fsp3) is 0.211. The van der Waals surface area contributed by atoms with E-state index in [1.165, 1.54) is 11.8 Å². The van der Waals surface area contributed by atoms with E-state index >= 15 is 0 Å². The van der Waals surface area contributed by atoms with Crippen molar-refractivity contribution in [2.45, 2.75) is 12.1 Å². The van der Waals surface area contributed by atoms with Gasteiger partial charge in [0.25, 0.3) is 0 Å². The van der Waals surface area contributed by atoms with Crippen LogP contribution in [0.5, 0.6) is 11.5 Å². The molecular weight excluding hydrogens is 364 g/mol. The molecule has 0 aliphatic carbocycles. The number of nitrogens with one attached hydrogen (secondary N) is 1. The van der Waals surface area contributed by atoms with Crippen molar-refractivity contribution in [1.29, 1.82) is 0 Å². The van der Waals surface area contributed by atoms with Crippen molar-refractivity contribution in [3.63, 3.8) is 0 Å². The molecule has 0 unspecified atom stereocenters. The molecule has 7 nitrogen and oxygen atoms in total. The smallest absolute Gasteiger partial charge is 0.231 e. The van der Waals surface area contributed by atoms with Crippen LogP contribution in [-0.2, 0) is 4.79 Å². The maximum atomic E-state index is 11.8. The van der Waals surface area contributed by atoms with Crippen molar-refractivity contribution in [2.24, 2.45) is 0 Å². The fourth-order valence-corrected chi connectivity index (χ4v) is 3.56. The Morgan fingerprint density at radius 2 is 1.96 bits per heavy atom. The molecule has 27 heavy (non-hydrogen) atoms. The zero-order valence-electron chi connectivity index (χ0n) is 14.7. The molecule has 2 heterocycles. The summed E-state index contributed by atoms with van der Waals surface area (Å²) in [5, 5.41) is 12.1. The number of hydrogen-bond donors (Lipinski definition) is 1. The second kappa shape index (κ2) is 7.71. The van der Waals surface area contributed by atoms with Gasteiger partial charge >= 0.3 is 0 Å². The SMILES string of the molecule is CCNC(=O)CSc1nnc(-c2ccc3c(c2)OCO3)n1-c1ccccc1. The Morgan fingerprint density at radius 3 is 2.78 bits per heavy atom. The molecule has 1 aliphatic heterocycles. The molecule has 1 aromatic heterocycles. The van der Waals surface area contributed by atoms with Gasteiger partial charge in [-0.05, 0) is 37.3 Å². The number of rotatable bonds is 6. The van der Waals surface area contributed by atoms with Crippen LogP contribution in [0.4, 0.5) is 0 Å². The maximum absolute atomic E-state index is 11.8. The molecular formula is C19H18N4O3S. The van der Waals surface area contributed by atoms with Crippen LogP contribution in [0, 0.1) is 0 Å². The van der Waals surface area contributed by atoms with Gasteiger partial charge in [-0.25, -0.2) is 0 Å². The van der Waals surface area contributed by atoms with Gasteiger partial charge in [0.05, 0.1) is 5.75 Å². The van der Waals surface area contributed by atoms with Crippen LogP contribution in [0.1, 0.15) is 6.92 Å². The Bertz CT molecular complexity index is 959. The molecule has 1 amide bonds. The van der Waals surface area contributed by atoms with Crippen molar-refractivity contribution >= 4 is 17.7 Å². The number of ether oxygens (including phenoxy) is 2. The van der Waals surface area contributed by atoms with Gasteiger partial charge in [0.2, 0.25) is 12.7 Å². The molecule has 0 bridgehead atoms. The van der Waals surface area contributed by atoms with E-state index in [0.717, 1.165) is 17.0 Å². The first-order valence-electron chi connectivity index (χ1n) is 8.56. The number of aromatic nitrogens is 3. The van der Waals surface area contributed by atoms with E-state index in [0.29, 0.717) is 23.3 Å². The van der Waals surface area contributed by atoms with E-state index in [1.807, 2.05) is 60.0 Å². The molecule has 0 fully saturated rings. The summed E-state index contributed by atoms with van der Waals surface area (Å²) in [7, 11) is 0. The summed E-state index contributed by atoms with van der Waals surface area (Å²) in [5.74, 6) is 2.33. The molecule has 1 N–H and O–H groups in total. The van der Waals surface area contributed by atoms with Gasteiger partial charge in [-0.15, -0.1) is 10.2 Å². The Labute approximate surface area is 160 Å². The quantitative estimate of drug-likeness (QED) is 0.661. The highest BCUT2D eigenvalue weighted by atomic mass is 32.2. The Kier molecular flexibility index (Phi) is 4.97. The summed E-state index contributed by atoms with van der Waals surface area (Å²) >= 11 is 1.35. The highest BCUT2D eigenvalue weighted by Crippen LogP contribution is 2.36. The lowest BCUT2D eigenvalue weighted by Gasteiger charge is -2.10. The summed E-state index contributed by atoms with van der Waals surface area (Å²) in [4.78, 5) is 11.8. The van der Waals surface area contributed by atoms with Gasteiger partial charge in [-0.2, -0.15) is 0 Å². The van der Waals surface area contributed by atoms with Gasteiger partial charge in [0.1, 0.15) is 0 Å². The van der Waals surface area contributed by atoms with E-state index in [9.17, 15) is 4.79 Å². The highest BCUT2D eigenvalue weighted by molar-refractivity contribution is 7.99. The largest absolute Gasteiger partial charge is 0.454 e. The second-order valence-corrected chi connectivity index (χ2v) is 6.73. The molecule has 0 atom stereocenters. The lowest BCUT2D eigenvalue weighted by Crippen LogP contribution is -2.24. The van der Waals surface area contributed by atoms with Gasteiger partial charge in [0.15, 0.2) is 22.5 Å². The fourth-order valence-electron chi connectivity index (χ4n) is 2.77. The first kappa shape index (κ1) is 17.4. The number of carbonyl (C=O) groups is 1. The minimum absolute atomic E-state index is 0.0326. The van der Waals surface area contributed by atoms with Crippen molar-refractivity contribution in [3.05, 3.63) is 48.5 Å². The molecule has 3 aromatic rings. The van der Waals surface area contributed by atoms with Gasteiger partial charge in [0, 0.05) is 17.8 Å². The van der Waals surface area contributed by atoms with E-state index in [4.69, 9.17) is 9.47 Å². The topological polar surface area (TPSA) is 78.3 Å². The summed E-state index contributed by atoms with van der Waals surface area (Å²) < 4.78 is 12.8. The van der Waals surface area contributed by atoms with Crippen molar-refractivity contribution in [1.82, 2.24) is 20.1 Å². The molecule has 0 radical (unpaired) electrons. The molecule has 0 spiro atoms. The third-order valence-electron chi connectivity index (χ3n) is 3.98. The van der Waals surface area contributed by atoms with E-state index in [1.54, 1.807) is 0 Å². The minimum atomic E-state index is -0.0326. The standard InChI is InChI=1S/C19H18N4O3S/c1-2-20-17(24)11-27-19-22-21-18(23(19)14-6-4-3-5-7-14)13-8-9-15-16(10-13)26-12-25-15/h3-10H,2,11-12H2,1H3,(H,20,24). The van der Waals surface area contributed by atoms with Crippen molar-refractivity contribution < 1.29 is 14.3 Å². The predicted octanol–water partition coefficient (Wildman–Crippen LogP) is 2.89. The van der Waals surface area contributed by atoms with E-state index in [-0.39, 0.29) is 18.5 Å². The highest BCUT2D eigenvalue weighted by Gasteiger charge is 2.20. The maximum Gasteiger partial charge on any atom is 0.231 e. The molecule has 4 rings (SSSR count). The van der Waals surface area contributed by atoms with Crippen LogP contribution in [-0.4, -0.2) is 39.8 Å². The van der Waals surface area contributed by atoms with Gasteiger partial charge in [-0.1, -0.05) is 30.0 Å². The number of nitrogens with zero attached hydrogens (tertiary/aromatic N) is 3. The average molecular weight is 382 g/mol. The minimum Gasteiger partial charge on any atom is -0.454 e. The number of amides is 1. The number of hydrogen-bond acceptors (Lipinski definition) is 6.